The first kappa shape index (κ1) is 13.6. The second kappa shape index (κ2) is 5.54. The SMILES string of the molecule is COCc1nc2c(N)cccc2n1Cc1cccc(F)c1. The number of benzene rings is 2. The Kier molecular flexibility index (Phi) is 3.58. The monoisotopic (exact) mass is 285 g/mol. The van der Waals surface area contributed by atoms with Crippen LogP contribution in [0.5, 0.6) is 0 Å². The first-order valence-electron chi connectivity index (χ1n) is 6.66. The van der Waals surface area contributed by atoms with Crippen LogP contribution < -0.4 is 5.73 Å². The molecule has 2 N–H and O–H groups in total. The van der Waals surface area contributed by atoms with Gasteiger partial charge in [0.15, 0.2) is 0 Å². The molecule has 1 heterocycles. The zero-order valence-electron chi connectivity index (χ0n) is 11.7. The van der Waals surface area contributed by atoms with Gasteiger partial charge in [-0.1, -0.05) is 18.2 Å². The normalized spacial score (nSPS) is 11.1. The molecule has 4 nitrogen and oxygen atoms in total. The summed E-state index contributed by atoms with van der Waals surface area (Å²) in [4.78, 5) is 4.54. The van der Waals surface area contributed by atoms with Gasteiger partial charge in [0.25, 0.3) is 0 Å². The minimum atomic E-state index is -0.246. The number of imidazole rings is 1. The molecule has 2 aromatic carbocycles. The third-order valence-corrected chi connectivity index (χ3v) is 3.39. The molecule has 0 spiro atoms. The minimum Gasteiger partial charge on any atom is -0.397 e. The van der Waals surface area contributed by atoms with E-state index in [-0.39, 0.29) is 5.82 Å². The Morgan fingerprint density at radius 1 is 1.24 bits per heavy atom. The Morgan fingerprint density at radius 2 is 2.05 bits per heavy atom. The number of nitrogens with two attached hydrogens (primary N) is 1. The van der Waals surface area contributed by atoms with E-state index in [1.807, 2.05) is 28.8 Å². The Bertz CT molecular complexity index is 782. The molecule has 0 aliphatic rings. The van der Waals surface area contributed by atoms with Crippen molar-refractivity contribution in [1.29, 1.82) is 0 Å². The molecule has 0 aliphatic heterocycles. The first-order chi connectivity index (χ1) is 10.2. The van der Waals surface area contributed by atoms with E-state index in [9.17, 15) is 4.39 Å². The van der Waals surface area contributed by atoms with E-state index in [4.69, 9.17) is 10.5 Å². The Hall–Kier alpha value is -2.40. The smallest absolute Gasteiger partial charge is 0.136 e. The van der Waals surface area contributed by atoms with Crippen LogP contribution in [-0.4, -0.2) is 16.7 Å². The van der Waals surface area contributed by atoms with E-state index in [2.05, 4.69) is 4.98 Å². The Morgan fingerprint density at radius 3 is 2.81 bits per heavy atom. The molecule has 5 heteroatoms. The van der Waals surface area contributed by atoms with E-state index >= 15 is 0 Å². The molecule has 0 fully saturated rings. The molecule has 0 radical (unpaired) electrons. The quantitative estimate of drug-likeness (QED) is 0.750. The highest BCUT2D eigenvalue weighted by molar-refractivity contribution is 5.87. The summed E-state index contributed by atoms with van der Waals surface area (Å²) in [5, 5.41) is 0. The largest absolute Gasteiger partial charge is 0.397 e. The first-order valence-corrected chi connectivity index (χ1v) is 6.66. The third kappa shape index (κ3) is 2.60. The van der Waals surface area contributed by atoms with Crippen molar-refractivity contribution in [3.8, 4) is 0 Å². The highest BCUT2D eigenvalue weighted by atomic mass is 19.1. The number of hydrogen-bond acceptors (Lipinski definition) is 3. The van der Waals surface area contributed by atoms with Gasteiger partial charge < -0.3 is 15.0 Å². The highest BCUT2D eigenvalue weighted by Gasteiger charge is 2.13. The Balaban J connectivity index is 2.11. The molecule has 0 bridgehead atoms. The molecule has 0 atom stereocenters. The van der Waals surface area contributed by atoms with Gasteiger partial charge in [-0.25, -0.2) is 9.37 Å². The highest BCUT2D eigenvalue weighted by Crippen LogP contribution is 2.23. The van der Waals surface area contributed by atoms with Gasteiger partial charge in [-0.2, -0.15) is 0 Å². The van der Waals surface area contributed by atoms with Crippen LogP contribution in [0.15, 0.2) is 42.5 Å². The molecule has 0 amide bonds. The standard InChI is InChI=1S/C16H16FN3O/c1-21-10-15-19-16-13(18)6-3-7-14(16)20(15)9-11-4-2-5-12(17)8-11/h2-8H,9-10,18H2,1H3. The lowest BCUT2D eigenvalue weighted by Crippen LogP contribution is -2.06. The van der Waals surface area contributed by atoms with Gasteiger partial charge in [0, 0.05) is 13.7 Å². The third-order valence-electron chi connectivity index (χ3n) is 3.39. The number of methoxy groups -OCH3 is 1. The fourth-order valence-electron chi connectivity index (χ4n) is 2.45. The number of halogens is 1. The van der Waals surface area contributed by atoms with Crippen LogP contribution in [-0.2, 0) is 17.9 Å². The summed E-state index contributed by atoms with van der Waals surface area (Å²) in [5.41, 5.74) is 9.15. The predicted octanol–water partition coefficient (Wildman–Crippen LogP) is 2.95. The number of aromatic nitrogens is 2. The van der Waals surface area contributed by atoms with Crippen LogP contribution in [0.1, 0.15) is 11.4 Å². The molecule has 3 aromatic rings. The van der Waals surface area contributed by atoms with Gasteiger partial charge in [-0.15, -0.1) is 0 Å². The summed E-state index contributed by atoms with van der Waals surface area (Å²) in [6.07, 6.45) is 0. The van der Waals surface area contributed by atoms with Crippen molar-refractivity contribution >= 4 is 16.7 Å². The molecule has 108 valence electrons. The van der Waals surface area contributed by atoms with E-state index in [1.165, 1.54) is 12.1 Å². The molecule has 0 saturated carbocycles. The van der Waals surface area contributed by atoms with Crippen molar-refractivity contribution in [3.05, 3.63) is 59.7 Å². The van der Waals surface area contributed by atoms with Crippen molar-refractivity contribution in [2.75, 3.05) is 12.8 Å². The van der Waals surface area contributed by atoms with Crippen molar-refractivity contribution in [2.24, 2.45) is 0 Å². The van der Waals surface area contributed by atoms with E-state index in [0.717, 1.165) is 22.4 Å². The maximum absolute atomic E-state index is 13.4. The molecule has 21 heavy (non-hydrogen) atoms. The van der Waals surface area contributed by atoms with E-state index < -0.39 is 0 Å². The van der Waals surface area contributed by atoms with Crippen LogP contribution in [0.3, 0.4) is 0 Å². The zero-order valence-corrected chi connectivity index (χ0v) is 11.7. The maximum Gasteiger partial charge on any atom is 0.136 e. The molecule has 3 rings (SSSR count). The number of anilines is 1. The lowest BCUT2D eigenvalue weighted by atomic mass is 10.2. The number of para-hydroxylation sites is 1. The number of nitrogens with zero attached hydrogens (tertiary/aromatic N) is 2. The minimum absolute atomic E-state index is 0.246. The average molecular weight is 285 g/mol. The second-order valence-electron chi connectivity index (χ2n) is 4.89. The number of rotatable bonds is 4. The van der Waals surface area contributed by atoms with Gasteiger partial charge in [0.05, 0.1) is 11.2 Å². The number of hydrogen-bond donors (Lipinski definition) is 1. The molecule has 0 aliphatic carbocycles. The number of ether oxygens (including phenoxy) is 1. The van der Waals surface area contributed by atoms with Crippen LogP contribution in [0.25, 0.3) is 11.0 Å². The van der Waals surface area contributed by atoms with Gasteiger partial charge in [-0.3, -0.25) is 0 Å². The maximum atomic E-state index is 13.4. The molecular weight excluding hydrogens is 269 g/mol. The topological polar surface area (TPSA) is 53.1 Å². The molecular formula is C16H16FN3O. The van der Waals surface area contributed by atoms with Gasteiger partial charge in [0.2, 0.25) is 0 Å². The lowest BCUT2D eigenvalue weighted by Gasteiger charge is -2.09. The van der Waals surface area contributed by atoms with Crippen molar-refractivity contribution in [1.82, 2.24) is 9.55 Å². The summed E-state index contributed by atoms with van der Waals surface area (Å²) >= 11 is 0. The molecule has 0 saturated heterocycles. The van der Waals surface area contributed by atoms with Crippen molar-refractivity contribution in [3.63, 3.8) is 0 Å². The van der Waals surface area contributed by atoms with Crippen molar-refractivity contribution in [2.45, 2.75) is 13.2 Å². The van der Waals surface area contributed by atoms with Crippen molar-refractivity contribution < 1.29 is 9.13 Å². The van der Waals surface area contributed by atoms with Crippen LogP contribution in [0.4, 0.5) is 10.1 Å². The molecule has 0 unspecified atom stereocenters. The second-order valence-corrected chi connectivity index (χ2v) is 4.89. The Labute approximate surface area is 122 Å². The summed E-state index contributed by atoms with van der Waals surface area (Å²) < 4.78 is 20.6. The fraction of sp³-hybridized carbons (Fsp3) is 0.188. The zero-order chi connectivity index (χ0) is 14.8. The predicted molar refractivity (Wildman–Crippen MR) is 80.4 cm³/mol. The van der Waals surface area contributed by atoms with E-state index in [0.29, 0.717) is 18.8 Å². The number of nitrogen functional groups attached to an aromatic ring is 1. The summed E-state index contributed by atoms with van der Waals surface area (Å²) in [5.74, 6) is 0.527. The van der Waals surface area contributed by atoms with Crippen LogP contribution in [0, 0.1) is 5.82 Å². The average Bonchev–Trinajstić information content (AvgIpc) is 2.79. The summed E-state index contributed by atoms with van der Waals surface area (Å²) in [7, 11) is 1.62. The summed E-state index contributed by atoms with van der Waals surface area (Å²) in [6, 6.07) is 12.2. The van der Waals surface area contributed by atoms with E-state index in [1.54, 1.807) is 13.2 Å². The lowest BCUT2D eigenvalue weighted by molar-refractivity contribution is 0.175. The van der Waals surface area contributed by atoms with Crippen LogP contribution in [0.2, 0.25) is 0 Å². The van der Waals surface area contributed by atoms with Gasteiger partial charge >= 0.3 is 0 Å². The van der Waals surface area contributed by atoms with Gasteiger partial charge in [0.1, 0.15) is 23.8 Å². The molecule has 1 aromatic heterocycles. The van der Waals surface area contributed by atoms with Crippen LogP contribution >= 0.6 is 0 Å². The summed E-state index contributed by atoms with van der Waals surface area (Å²) in [6.45, 7) is 0.903. The number of fused-ring (bicyclic) bond motifs is 1. The van der Waals surface area contributed by atoms with Gasteiger partial charge in [-0.05, 0) is 29.8 Å². The fourth-order valence-corrected chi connectivity index (χ4v) is 2.45.